The van der Waals surface area contributed by atoms with E-state index in [1.54, 1.807) is 22.3 Å². The number of hydrogen-bond acceptors (Lipinski definition) is 7. The lowest BCUT2D eigenvalue weighted by Crippen LogP contribution is -2.40. The molecule has 2 aliphatic rings. The van der Waals surface area contributed by atoms with Crippen LogP contribution < -0.4 is 5.32 Å². The number of hydrogen-bond donors (Lipinski definition) is 2. The van der Waals surface area contributed by atoms with Crippen molar-refractivity contribution >= 4 is 45.8 Å². The molecule has 9 heteroatoms. The Bertz CT molecular complexity index is 1020. The number of anilines is 1. The number of ether oxygens (including phenoxy) is 1. The molecule has 2 atom stereocenters. The number of nitriles is 1. The first-order valence-electron chi connectivity index (χ1n) is 10.2. The molecule has 31 heavy (non-hydrogen) atoms. The Labute approximate surface area is 188 Å². The number of amides is 2. The van der Waals surface area contributed by atoms with Gasteiger partial charge in [0.15, 0.2) is 0 Å². The summed E-state index contributed by atoms with van der Waals surface area (Å²) in [5.41, 5.74) is 1.44. The summed E-state index contributed by atoms with van der Waals surface area (Å²) in [7, 11) is 0. The standard InChI is InChI=1S/C22H23N3O4S2/c23-12-18-17-7-5-15(29-22(28)25-9-1-3-14(25)13-26)11-19(17)31-21(18)24-20(27)8-6-16-4-2-10-30-16/h2,4,6,8,10,14-15,26H,1,3,5,7,9,11,13H2,(H,24,27). The molecule has 4 rings (SSSR count). The van der Waals surface area contributed by atoms with Gasteiger partial charge in [-0.2, -0.15) is 5.26 Å². The maximum absolute atomic E-state index is 12.5. The van der Waals surface area contributed by atoms with Crippen molar-refractivity contribution in [1.29, 1.82) is 5.26 Å². The van der Waals surface area contributed by atoms with Crippen molar-refractivity contribution in [1.82, 2.24) is 4.90 Å². The van der Waals surface area contributed by atoms with Crippen LogP contribution in [0, 0.1) is 11.3 Å². The van der Waals surface area contributed by atoms with E-state index in [9.17, 15) is 20.0 Å². The van der Waals surface area contributed by atoms with Gasteiger partial charge in [-0.3, -0.25) is 4.79 Å². The Morgan fingerprint density at radius 2 is 2.29 bits per heavy atom. The van der Waals surface area contributed by atoms with Gasteiger partial charge in [0.25, 0.3) is 0 Å². The van der Waals surface area contributed by atoms with Gasteiger partial charge in [-0.25, -0.2) is 4.79 Å². The monoisotopic (exact) mass is 457 g/mol. The second kappa shape index (κ2) is 9.64. The first-order chi connectivity index (χ1) is 15.1. The van der Waals surface area contributed by atoms with Crippen LogP contribution in [-0.2, 0) is 22.4 Å². The Kier molecular flexibility index (Phi) is 6.70. The molecular formula is C22H23N3O4S2. The van der Waals surface area contributed by atoms with Gasteiger partial charge in [0.2, 0.25) is 5.91 Å². The Morgan fingerprint density at radius 3 is 3.03 bits per heavy atom. The molecule has 2 unspecified atom stereocenters. The van der Waals surface area contributed by atoms with Crippen molar-refractivity contribution < 1.29 is 19.4 Å². The highest BCUT2D eigenvalue weighted by molar-refractivity contribution is 7.16. The van der Waals surface area contributed by atoms with Gasteiger partial charge >= 0.3 is 6.09 Å². The van der Waals surface area contributed by atoms with Crippen LogP contribution in [0.2, 0.25) is 0 Å². The minimum atomic E-state index is -0.380. The molecule has 162 valence electrons. The van der Waals surface area contributed by atoms with Crippen LogP contribution in [0.25, 0.3) is 6.08 Å². The van der Waals surface area contributed by atoms with E-state index < -0.39 is 0 Å². The number of aliphatic hydroxyl groups excluding tert-OH is 1. The molecule has 7 nitrogen and oxygen atoms in total. The van der Waals surface area contributed by atoms with E-state index in [1.165, 1.54) is 17.4 Å². The van der Waals surface area contributed by atoms with Gasteiger partial charge in [0.1, 0.15) is 17.2 Å². The molecule has 1 aliphatic heterocycles. The van der Waals surface area contributed by atoms with Gasteiger partial charge in [-0.1, -0.05) is 6.07 Å². The number of fused-ring (bicyclic) bond motifs is 1. The topological polar surface area (TPSA) is 103 Å². The molecule has 1 saturated heterocycles. The number of carbonyl (C=O) groups is 2. The molecule has 2 N–H and O–H groups in total. The van der Waals surface area contributed by atoms with Crippen LogP contribution in [0.5, 0.6) is 0 Å². The lowest BCUT2D eigenvalue weighted by atomic mass is 9.94. The van der Waals surface area contributed by atoms with Crippen LogP contribution in [0.3, 0.4) is 0 Å². The summed E-state index contributed by atoms with van der Waals surface area (Å²) < 4.78 is 5.71. The number of nitrogens with one attached hydrogen (secondary N) is 1. The zero-order valence-corrected chi connectivity index (χ0v) is 18.5. The fraction of sp³-hybridized carbons (Fsp3) is 0.409. The molecule has 0 spiro atoms. The largest absolute Gasteiger partial charge is 0.446 e. The first-order valence-corrected chi connectivity index (χ1v) is 11.9. The molecule has 0 bridgehead atoms. The predicted octanol–water partition coefficient (Wildman–Crippen LogP) is 3.78. The van der Waals surface area contributed by atoms with E-state index in [1.807, 2.05) is 17.5 Å². The van der Waals surface area contributed by atoms with Crippen molar-refractivity contribution in [2.45, 2.75) is 44.2 Å². The highest BCUT2D eigenvalue weighted by atomic mass is 32.1. The fourth-order valence-electron chi connectivity index (χ4n) is 4.04. The van der Waals surface area contributed by atoms with Crippen molar-refractivity contribution in [3.8, 4) is 6.07 Å². The Morgan fingerprint density at radius 1 is 1.42 bits per heavy atom. The third-order valence-corrected chi connectivity index (χ3v) is 7.61. The van der Waals surface area contributed by atoms with Crippen molar-refractivity contribution in [3.63, 3.8) is 0 Å². The second-order valence-corrected chi connectivity index (χ2v) is 9.66. The normalized spacial score (nSPS) is 20.5. The first kappa shape index (κ1) is 21.6. The summed E-state index contributed by atoms with van der Waals surface area (Å²) in [6.45, 7) is 0.555. The van der Waals surface area contributed by atoms with Crippen molar-refractivity contribution in [2.75, 3.05) is 18.5 Å². The van der Waals surface area contributed by atoms with E-state index in [-0.39, 0.29) is 30.8 Å². The third kappa shape index (κ3) is 4.82. The molecule has 2 aromatic rings. The van der Waals surface area contributed by atoms with Crippen LogP contribution in [0.15, 0.2) is 23.6 Å². The smallest absolute Gasteiger partial charge is 0.410 e. The van der Waals surface area contributed by atoms with Gasteiger partial charge in [0.05, 0.1) is 18.2 Å². The van der Waals surface area contributed by atoms with E-state index in [4.69, 9.17) is 4.74 Å². The van der Waals surface area contributed by atoms with Crippen LogP contribution >= 0.6 is 22.7 Å². The predicted molar refractivity (Wildman–Crippen MR) is 120 cm³/mol. The van der Waals surface area contributed by atoms with E-state index in [0.717, 1.165) is 28.2 Å². The zero-order valence-electron chi connectivity index (χ0n) is 16.9. The summed E-state index contributed by atoms with van der Waals surface area (Å²) in [5.74, 6) is -0.282. The van der Waals surface area contributed by atoms with Crippen LogP contribution in [0.4, 0.5) is 9.80 Å². The lowest BCUT2D eigenvalue weighted by Gasteiger charge is -2.27. The minimum Gasteiger partial charge on any atom is -0.446 e. The summed E-state index contributed by atoms with van der Waals surface area (Å²) in [6.07, 6.45) is 6.00. The molecule has 1 aliphatic carbocycles. The molecule has 2 amide bonds. The number of carbonyl (C=O) groups excluding carboxylic acids is 2. The van der Waals surface area contributed by atoms with E-state index in [2.05, 4.69) is 11.4 Å². The van der Waals surface area contributed by atoms with E-state index in [0.29, 0.717) is 36.4 Å². The van der Waals surface area contributed by atoms with Crippen LogP contribution in [0.1, 0.15) is 40.1 Å². The summed E-state index contributed by atoms with van der Waals surface area (Å²) >= 11 is 2.92. The average molecular weight is 458 g/mol. The molecule has 3 heterocycles. The molecular weight excluding hydrogens is 434 g/mol. The Hall–Kier alpha value is -2.67. The SMILES string of the molecule is N#Cc1c(NC(=O)C=Cc2cccs2)sc2c1CCC(OC(=O)N1CCCC1CO)C2. The highest BCUT2D eigenvalue weighted by Crippen LogP contribution is 2.38. The molecule has 0 aromatic carbocycles. The quantitative estimate of drug-likeness (QED) is 0.665. The van der Waals surface area contributed by atoms with Gasteiger partial charge in [-0.15, -0.1) is 22.7 Å². The summed E-state index contributed by atoms with van der Waals surface area (Å²) in [4.78, 5) is 28.4. The molecule has 0 radical (unpaired) electrons. The number of aliphatic hydroxyl groups is 1. The van der Waals surface area contributed by atoms with Crippen molar-refractivity contribution in [3.05, 3.63) is 44.5 Å². The van der Waals surface area contributed by atoms with E-state index >= 15 is 0 Å². The zero-order chi connectivity index (χ0) is 21.8. The highest BCUT2D eigenvalue weighted by Gasteiger charge is 2.33. The van der Waals surface area contributed by atoms with Gasteiger partial charge in [0, 0.05) is 28.8 Å². The molecule has 1 fully saturated rings. The maximum atomic E-state index is 12.5. The second-order valence-electron chi connectivity index (χ2n) is 7.58. The van der Waals surface area contributed by atoms with Crippen LogP contribution in [-0.4, -0.2) is 47.3 Å². The Balaban J connectivity index is 1.41. The number of thiophene rings is 2. The minimum absolute atomic E-state index is 0.0512. The summed E-state index contributed by atoms with van der Waals surface area (Å²) in [6, 6.07) is 5.90. The maximum Gasteiger partial charge on any atom is 0.410 e. The number of nitrogens with zero attached hydrogens (tertiary/aromatic N) is 2. The summed E-state index contributed by atoms with van der Waals surface area (Å²) in [5, 5.41) is 24.4. The number of rotatable bonds is 5. The average Bonchev–Trinajstić information content (AvgIpc) is 3.51. The molecule has 2 aromatic heterocycles. The third-order valence-electron chi connectivity index (χ3n) is 5.60. The fourth-order valence-corrected chi connectivity index (χ4v) is 5.92. The van der Waals surface area contributed by atoms with Gasteiger partial charge in [-0.05, 0) is 48.8 Å². The lowest BCUT2D eigenvalue weighted by molar-refractivity contribution is -0.111. The molecule has 0 saturated carbocycles. The van der Waals surface area contributed by atoms with Gasteiger partial charge < -0.3 is 20.1 Å². The van der Waals surface area contributed by atoms with Crippen molar-refractivity contribution in [2.24, 2.45) is 0 Å². The number of likely N-dealkylation sites (tertiary alicyclic amines) is 1.